The van der Waals surface area contributed by atoms with Crippen LogP contribution >= 0.6 is 27.5 Å². The summed E-state index contributed by atoms with van der Waals surface area (Å²) in [6.45, 7) is 0. The second-order valence-electron chi connectivity index (χ2n) is 4.35. The standard InChI is InChI=1S/C15H8BrClFNO/c16-13-6-9(18)2-4-11(13)15(20)12-7-19-14-5-8(17)1-3-10(12)14/h1-7,19H. The van der Waals surface area contributed by atoms with Crippen LogP contribution in [0.4, 0.5) is 4.39 Å². The summed E-state index contributed by atoms with van der Waals surface area (Å²) in [6, 6.07) is 9.29. The third kappa shape index (κ3) is 2.25. The molecular weight excluding hydrogens is 345 g/mol. The number of fused-ring (bicyclic) bond motifs is 1. The molecule has 1 heterocycles. The summed E-state index contributed by atoms with van der Waals surface area (Å²) in [6.07, 6.45) is 1.64. The first-order valence-corrected chi connectivity index (χ1v) is 7.00. The average molecular weight is 353 g/mol. The Balaban J connectivity index is 2.13. The van der Waals surface area contributed by atoms with Gasteiger partial charge in [-0.15, -0.1) is 0 Å². The van der Waals surface area contributed by atoms with Crippen molar-refractivity contribution in [3.8, 4) is 0 Å². The molecule has 0 aliphatic carbocycles. The lowest BCUT2D eigenvalue weighted by atomic mass is 10.0. The number of nitrogens with one attached hydrogen (secondary N) is 1. The Labute approximate surface area is 127 Å². The largest absolute Gasteiger partial charge is 0.360 e. The normalized spacial score (nSPS) is 10.9. The van der Waals surface area contributed by atoms with Crippen LogP contribution in [0.15, 0.2) is 47.1 Å². The molecular formula is C15H8BrClFNO. The summed E-state index contributed by atoms with van der Waals surface area (Å²) in [5, 5.41) is 1.39. The third-order valence-corrected chi connectivity index (χ3v) is 3.96. The van der Waals surface area contributed by atoms with Crippen LogP contribution < -0.4 is 0 Å². The van der Waals surface area contributed by atoms with E-state index in [4.69, 9.17) is 11.6 Å². The first-order chi connectivity index (χ1) is 9.56. The molecule has 0 saturated heterocycles. The lowest BCUT2D eigenvalue weighted by molar-refractivity contribution is 0.103. The predicted molar refractivity (Wildman–Crippen MR) is 80.8 cm³/mol. The van der Waals surface area contributed by atoms with E-state index in [1.54, 1.807) is 24.4 Å². The van der Waals surface area contributed by atoms with E-state index in [1.807, 2.05) is 0 Å². The molecule has 100 valence electrons. The topological polar surface area (TPSA) is 32.9 Å². The van der Waals surface area contributed by atoms with Gasteiger partial charge in [0, 0.05) is 37.7 Å². The van der Waals surface area contributed by atoms with Crippen molar-refractivity contribution in [3.05, 3.63) is 69.0 Å². The number of halogens is 3. The molecule has 3 aromatic rings. The van der Waals surface area contributed by atoms with Crippen molar-refractivity contribution in [2.45, 2.75) is 0 Å². The third-order valence-electron chi connectivity index (χ3n) is 3.06. The van der Waals surface area contributed by atoms with Gasteiger partial charge in [0.15, 0.2) is 5.78 Å². The molecule has 0 unspecified atom stereocenters. The Bertz CT molecular complexity index is 828. The van der Waals surface area contributed by atoms with Gasteiger partial charge in [0.1, 0.15) is 5.82 Å². The molecule has 3 rings (SSSR count). The number of rotatable bonds is 2. The van der Waals surface area contributed by atoms with E-state index in [0.717, 1.165) is 10.9 Å². The van der Waals surface area contributed by atoms with Gasteiger partial charge in [0.25, 0.3) is 0 Å². The zero-order chi connectivity index (χ0) is 14.3. The molecule has 20 heavy (non-hydrogen) atoms. The zero-order valence-corrected chi connectivity index (χ0v) is 12.4. The summed E-state index contributed by atoms with van der Waals surface area (Å²) < 4.78 is 13.5. The second kappa shape index (κ2) is 5.04. The summed E-state index contributed by atoms with van der Waals surface area (Å²) in [5.74, 6) is -0.565. The zero-order valence-electron chi connectivity index (χ0n) is 10.1. The molecule has 1 N–H and O–H groups in total. The van der Waals surface area contributed by atoms with Gasteiger partial charge < -0.3 is 4.98 Å². The van der Waals surface area contributed by atoms with Crippen molar-refractivity contribution in [2.75, 3.05) is 0 Å². The van der Waals surface area contributed by atoms with Crippen LogP contribution in [-0.2, 0) is 0 Å². The van der Waals surface area contributed by atoms with E-state index in [1.165, 1.54) is 18.2 Å². The molecule has 2 nitrogen and oxygen atoms in total. The average Bonchev–Trinajstić information content (AvgIpc) is 2.80. The van der Waals surface area contributed by atoms with Gasteiger partial charge in [-0.3, -0.25) is 4.79 Å². The van der Waals surface area contributed by atoms with Crippen LogP contribution in [-0.4, -0.2) is 10.8 Å². The van der Waals surface area contributed by atoms with Gasteiger partial charge in [-0.1, -0.05) is 17.7 Å². The van der Waals surface area contributed by atoms with E-state index in [9.17, 15) is 9.18 Å². The number of hydrogen-bond acceptors (Lipinski definition) is 1. The van der Waals surface area contributed by atoms with E-state index >= 15 is 0 Å². The Kier molecular flexibility index (Phi) is 3.36. The molecule has 0 bridgehead atoms. The number of hydrogen-bond donors (Lipinski definition) is 1. The number of aromatic amines is 1. The van der Waals surface area contributed by atoms with Crippen LogP contribution in [0.25, 0.3) is 10.9 Å². The fourth-order valence-corrected chi connectivity index (χ4v) is 2.81. The molecule has 0 radical (unpaired) electrons. The Hall–Kier alpha value is -1.65. The molecule has 0 spiro atoms. The highest BCUT2D eigenvalue weighted by molar-refractivity contribution is 9.10. The van der Waals surface area contributed by atoms with Gasteiger partial charge >= 0.3 is 0 Å². The van der Waals surface area contributed by atoms with Crippen LogP contribution in [0.1, 0.15) is 15.9 Å². The first-order valence-electron chi connectivity index (χ1n) is 5.82. The number of carbonyl (C=O) groups excluding carboxylic acids is 1. The first kappa shape index (κ1) is 13.3. The van der Waals surface area contributed by atoms with Gasteiger partial charge in [-0.2, -0.15) is 0 Å². The minimum Gasteiger partial charge on any atom is -0.360 e. The van der Waals surface area contributed by atoms with Crippen molar-refractivity contribution in [1.82, 2.24) is 4.98 Å². The maximum atomic E-state index is 13.1. The SMILES string of the molecule is O=C(c1ccc(F)cc1Br)c1c[nH]c2cc(Cl)ccc12. The van der Waals surface area contributed by atoms with Crippen LogP contribution in [0.3, 0.4) is 0 Å². The van der Waals surface area contributed by atoms with Crippen molar-refractivity contribution in [1.29, 1.82) is 0 Å². The Morgan fingerprint density at radius 1 is 1.15 bits per heavy atom. The summed E-state index contributed by atoms with van der Waals surface area (Å²) in [5.41, 5.74) is 1.74. The maximum Gasteiger partial charge on any atom is 0.196 e. The van der Waals surface area contributed by atoms with Gasteiger partial charge in [0.05, 0.1) is 0 Å². The molecule has 0 aliphatic heterocycles. The second-order valence-corrected chi connectivity index (χ2v) is 5.64. The number of H-pyrrole nitrogens is 1. The number of aromatic nitrogens is 1. The number of benzene rings is 2. The minimum atomic E-state index is -0.390. The highest BCUT2D eigenvalue weighted by Crippen LogP contribution is 2.27. The van der Waals surface area contributed by atoms with Crippen LogP contribution in [0, 0.1) is 5.82 Å². The van der Waals surface area contributed by atoms with Crippen molar-refractivity contribution < 1.29 is 9.18 Å². The molecule has 0 amide bonds. The molecule has 0 aliphatic rings. The summed E-state index contributed by atoms with van der Waals surface area (Å²) in [4.78, 5) is 15.5. The van der Waals surface area contributed by atoms with Gasteiger partial charge in [0.2, 0.25) is 0 Å². The monoisotopic (exact) mass is 351 g/mol. The van der Waals surface area contributed by atoms with E-state index in [0.29, 0.717) is 20.6 Å². The smallest absolute Gasteiger partial charge is 0.196 e. The summed E-state index contributed by atoms with van der Waals surface area (Å²) in [7, 11) is 0. The molecule has 0 saturated carbocycles. The molecule has 5 heteroatoms. The quantitative estimate of drug-likeness (QED) is 0.650. The highest BCUT2D eigenvalue weighted by atomic mass is 79.9. The molecule has 0 atom stereocenters. The molecule has 1 aromatic heterocycles. The lowest BCUT2D eigenvalue weighted by Gasteiger charge is -2.03. The lowest BCUT2D eigenvalue weighted by Crippen LogP contribution is -2.01. The van der Waals surface area contributed by atoms with Gasteiger partial charge in [-0.25, -0.2) is 4.39 Å². The number of carbonyl (C=O) groups is 1. The minimum absolute atomic E-state index is 0.176. The van der Waals surface area contributed by atoms with Gasteiger partial charge in [-0.05, 0) is 46.3 Å². The van der Waals surface area contributed by atoms with Crippen LogP contribution in [0.2, 0.25) is 5.02 Å². The Morgan fingerprint density at radius 2 is 1.95 bits per heavy atom. The van der Waals surface area contributed by atoms with E-state index in [-0.39, 0.29) is 11.6 Å². The summed E-state index contributed by atoms with van der Waals surface area (Å²) >= 11 is 9.13. The van der Waals surface area contributed by atoms with Crippen molar-refractivity contribution in [3.63, 3.8) is 0 Å². The fraction of sp³-hybridized carbons (Fsp3) is 0. The van der Waals surface area contributed by atoms with E-state index in [2.05, 4.69) is 20.9 Å². The molecule has 2 aromatic carbocycles. The highest BCUT2D eigenvalue weighted by Gasteiger charge is 2.17. The van der Waals surface area contributed by atoms with Crippen molar-refractivity contribution in [2.24, 2.45) is 0 Å². The Morgan fingerprint density at radius 3 is 2.70 bits per heavy atom. The number of ketones is 1. The van der Waals surface area contributed by atoms with Crippen molar-refractivity contribution >= 4 is 44.2 Å². The maximum absolute atomic E-state index is 13.1. The van der Waals surface area contributed by atoms with Crippen LogP contribution in [0.5, 0.6) is 0 Å². The molecule has 0 fully saturated rings. The van der Waals surface area contributed by atoms with E-state index < -0.39 is 0 Å². The fourth-order valence-electron chi connectivity index (χ4n) is 2.10. The predicted octanol–water partition coefficient (Wildman–Crippen LogP) is 4.95.